The van der Waals surface area contributed by atoms with Gasteiger partial charge in [-0.25, -0.2) is 4.98 Å². The topological polar surface area (TPSA) is 37.8 Å². The second-order valence-electron chi connectivity index (χ2n) is 12.6. The van der Waals surface area contributed by atoms with Crippen molar-refractivity contribution in [2.75, 3.05) is 11.9 Å². The molecule has 224 valence electrons. The molecule has 1 aliphatic rings. The molecule has 0 bridgehead atoms. The number of benzene rings is 7. The van der Waals surface area contributed by atoms with Gasteiger partial charge in [0.2, 0.25) is 0 Å². The van der Waals surface area contributed by atoms with E-state index in [0.29, 0.717) is 0 Å². The molecule has 0 saturated carbocycles. The molecule has 3 nitrogen and oxygen atoms in total. The van der Waals surface area contributed by atoms with Gasteiger partial charge in [-0.05, 0) is 62.0 Å². The first kappa shape index (κ1) is 26.9. The van der Waals surface area contributed by atoms with Crippen LogP contribution in [0.3, 0.4) is 0 Å². The Morgan fingerprint density at radius 2 is 1.17 bits per heavy atom. The van der Waals surface area contributed by atoms with Crippen LogP contribution in [0.2, 0.25) is 0 Å². The predicted molar refractivity (Wildman–Crippen MR) is 203 cm³/mol. The van der Waals surface area contributed by atoms with Crippen LogP contribution in [-0.4, -0.2) is 16.5 Å². The molecule has 7 aromatic carbocycles. The van der Waals surface area contributed by atoms with Crippen LogP contribution in [0.1, 0.15) is 5.56 Å². The summed E-state index contributed by atoms with van der Waals surface area (Å²) in [4.78, 5) is 10.2. The molecule has 9 aromatic rings. The summed E-state index contributed by atoms with van der Waals surface area (Å²) in [7, 11) is 0. The van der Waals surface area contributed by atoms with Crippen LogP contribution in [0.4, 0.5) is 5.69 Å². The molecular weight excluding hydrogens is 583 g/mol. The second kappa shape index (κ2) is 10.6. The third-order valence-electron chi connectivity index (χ3n) is 9.86. The highest BCUT2D eigenvalue weighted by Gasteiger charge is 2.18. The lowest BCUT2D eigenvalue weighted by molar-refractivity contribution is 1.30. The van der Waals surface area contributed by atoms with Gasteiger partial charge in [-0.2, -0.15) is 0 Å². The van der Waals surface area contributed by atoms with E-state index in [9.17, 15) is 0 Å². The van der Waals surface area contributed by atoms with Gasteiger partial charge in [-0.3, -0.25) is 4.98 Å². The third kappa shape index (κ3) is 4.08. The minimum Gasteiger partial charge on any atom is -0.379 e. The zero-order valence-corrected chi connectivity index (χ0v) is 26.1. The van der Waals surface area contributed by atoms with Crippen LogP contribution >= 0.6 is 0 Å². The van der Waals surface area contributed by atoms with Crippen LogP contribution in [0.25, 0.3) is 93.7 Å². The summed E-state index contributed by atoms with van der Waals surface area (Å²) < 4.78 is 0. The van der Waals surface area contributed by atoms with Crippen molar-refractivity contribution < 1.29 is 0 Å². The maximum absolute atomic E-state index is 5.49. The number of aromatic nitrogens is 2. The van der Waals surface area contributed by atoms with Crippen molar-refractivity contribution in [1.29, 1.82) is 0 Å². The fourth-order valence-electron chi connectivity index (χ4n) is 7.67. The molecular formula is C45H29N3. The Bertz CT molecular complexity index is 2780. The molecule has 2 aromatic heterocycles. The Labute approximate surface area is 277 Å². The SMILES string of the molecule is C1=Cc2c(-c3ccc(-c4cccc(-c5nc6c7ccccc7c7ccccc7c6c6ccccc56)c4)cc3)cc3cccnc3c2NC1. The van der Waals surface area contributed by atoms with Gasteiger partial charge in [-0.1, -0.05) is 133 Å². The van der Waals surface area contributed by atoms with Crippen molar-refractivity contribution in [2.45, 2.75) is 0 Å². The molecule has 0 aliphatic carbocycles. The molecule has 0 spiro atoms. The number of fused-ring (bicyclic) bond motifs is 11. The van der Waals surface area contributed by atoms with E-state index in [1.807, 2.05) is 12.3 Å². The van der Waals surface area contributed by atoms with E-state index in [-0.39, 0.29) is 0 Å². The fourth-order valence-corrected chi connectivity index (χ4v) is 7.67. The fraction of sp³-hybridized carbons (Fsp3) is 0.0222. The Hall–Kier alpha value is -6.32. The highest BCUT2D eigenvalue weighted by Crippen LogP contribution is 2.42. The maximum Gasteiger partial charge on any atom is 0.0939 e. The van der Waals surface area contributed by atoms with Crippen LogP contribution in [0, 0.1) is 0 Å². The Balaban J connectivity index is 1.12. The third-order valence-corrected chi connectivity index (χ3v) is 9.86. The summed E-state index contributed by atoms with van der Waals surface area (Å²) in [6.07, 6.45) is 6.27. The molecule has 3 heterocycles. The summed E-state index contributed by atoms with van der Waals surface area (Å²) in [6, 6.07) is 50.3. The lowest BCUT2D eigenvalue weighted by Crippen LogP contribution is -2.07. The Morgan fingerprint density at radius 1 is 0.500 bits per heavy atom. The van der Waals surface area contributed by atoms with E-state index in [1.165, 1.54) is 60.1 Å². The van der Waals surface area contributed by atoms with Gasteiger partial charge in [0.25, 0.3) is 0 Å². The molecule has 10 rings (SSSR count). The summed E-state index contributed by atoms with van der Waals surface area (Å²) in [5.41, 5.74) is 11.2. The van der Waals surface area contributed by atoms with Gasteiger partial charge in [0, 0.05) is 45.4 Å². The molecule has 1 N–H and O–H groups in total. The van der Waals surface area contributed by atoms with Gasteiger partial charge in [0.1, 0.15) is 0 Å². The molecule has 48 heavy (non-hydrogen) atoms. The van der Waals surface area contributed by atoms with E-state index in [4.69, 9.17) is 4.98 Å². The summed E-state index contributed by atoms with van der Waals surface area (Å²) in [6.45, 7) is 0.811. The van der Waals surface area contributed by atoms with Gasteiger partial charge in [0.15, 0.2) is 0 Å². The second-order valence-corrected chi connectivity index (χ2v) is 12.6. The number of rotatable bonds is 3. The highest BCUT2D eigenvalue weighted by molar-refractivity contribution is 6.31. The first-order chi connectivity index (χ1) is 23.8. The number of hydrogen-bond donors (Lipinski definition) is 1. The Morgan fingerprint density at radius 3 is 1.98 bits per heavy atom. The van der Waals surface area contributed by atoms with Gasteiger partial charge in [-0.15, -0.1) is 0 Å². The minimum absolute atomic E-state index is 0.811. The standard InChI is InChI=1S/C45H29N3/c1-3-15-35-33(13-1)34-14-2-5-17-37(34)44-41(35)36-16-4-6-18-38(36)42(48-44)31-11-7-10-30(26-31)28-20-22-29(23-21-28)40-27-32-12-8-24-46-43(32)45-39(40)19-9-25-47-45/h1-24,26-27,47H,25H2. The number of nitrogens with zero attached hydrogens (tertiary/aromatic N) is 2. The van der Waals surface area contributed by atoms with Crippen LogP contribution in [0.15, 0.2) is 152 Å². The smallest absolute Gasteiger partial charge is 0.0939 e. The molecule has 3 heteroatoms. The van der Waals surface area contributed by atoms with E-state index in [0.717, 1.165) is 45.3 Å². The number of nitrogens with one attached hydrogen (secondary N) is 1. The lowest BCUT2D eigenvalue weighted by Gasteiger charge is -2.19. The zero-order chi connectivity index (χ0) is 31.6. The highest BCUT2D eigenvalue weighted by atomic mass is 14.9. The number of pyridine rings is 2. The first-order valence-corrected chi connectivity index (χ1v) is 16.5. The van der Waals surface area contributed by atoms with Crippen molar-refractivity contribution in [3.05, 3.63) is 157 Å². The average molecular weight is 612 g/mol. The largest absolute Gasteiger partial charge is 0.379 e. The van der Waals surface area contributed by atoms with Gasteiger partial charge in [0.05, 0.1) is 22.4 Å². The van der Waals surface area contributed by atoms with Crippen LogP contribution in [-0.2, 0) is 0 Å². The summed E-state index contributed by atoms with van der Waals surface area (Å²) >= 11 is 0. The molecule has 0 radical (unpaired) electrons. The number of anilines is 1. The van der Waals surface area contributed by atoms with E-state index in [2.05, 4.69) is 156 Å². The predicted octanol–water partition coefficient (Wildman–Crippen LogP) is 11.7. The molecule has 1 aliphatic heterocycles. The summed E-state index contributed by atoms with van der Waals surface area (Å²) in [5.74, 6) is 0. The van der Waals surface area contributed by atoms with Crippen molar-refractivity contribution in [1.82, 2.24) is 9.97 Å². The maximum atomic E-state index is 5.49. The summed E-state index contributed by atoms with van der Waals surface area (Å²) in [5, 5.41) is 13.2. The molecule has 0 fully saturated rings. The van der Waals surface area contributed by atoms with Crippen LogP contribution < -0.4 is 5.32 Å². The lowest BCUT2D eigenvalue weighted by atomic mass is 9.91. The Kier molecular flexibility index (Phi) is 5.94. The van der Waals surface area contributed by atoms with E-state index >= 15 is 0 Å². The molecule has 0 unspecified atom stereocenters. The van der Waals surface area contributed by atoms with Crippen LogP contribution in [0.5, 0.6) is 0 Å². The van der Waals surface area contributed by atoms with Crippen molar-refractivity contribution in [2.24, 2.45) is 0 Å². The first-order valence-electron chi connectivity index (χ1n) is 16.5. The molecule has 0 amide bonds. The van der Waals surface area contributed by atoms with E-state index < -0.39 is 0 Å². The normalized spacial score (nSPS) is 12.6. The quantitative estimate of drug-likeness (QED) is 0.202. The number of hydrogen-bond acceptors (Lipinski definition) is 3. The molecule has 0 atom stereocenters. The minimum atomic E-state index is 0.811. The molecule has 0 saturated heterocycles. The average Bonchev–Trinajstić information content (AvgIpc) is 3.17. The van der Waals surface area contributed by atoms with Gasteiger partial charge >= 0.3 is 0 Å². The van der Waals surface area contributed by atoms with E-state index in [1.54, 1.807) is 0 Å². The zero-order valence-electron chi connectivity index (χ0n) is 26.1. The monoisotopic (exact) mass is 611 g/mol. The van der Waals surface area contributed by atoms with Crippen molar-refractivity contribution >= 4 is 65.9 Å². The van der Waals surface area contributed by atoms with Crippen molar-refractivity contribution in [3.8, 4) is 33.5 Å². The van der Waals surface area contributed by atoms with Crippen molar-refractivity contribution in [3.63, 3.8) is 0 Å². The van der Waals surface area contributed by atoms with Gasteiger partial charge < -0.3 is 5.32 Å².